The Balaban J connectivity index is 2.27. The summed E-state index contributed by atoms with van der Waals surface area (Å²) in [5.74, 6) is -4.03. The number of nitrogens with zero attached hydrogens (tertiary/aromatic N) is 3. The predicted octanol–water partition coefficient (Wildman–Crippen LogP) is 5.25. The smallest absolute Gasteiger partial charge is 0.189 e. The number of rotatable bonds is 1. The van der Waals surface area contributed by atoms with Crippen molar-refractivity contribution in [1.29, 1.82) is 21.2 Å². The van der Waals surface area contributed by atoms with E-state index >= 15 is 0 Å². The van der Waals surface area contributed by atoms with Crippen molar-refractivity contribution in [1.82, 2.24) is 0 Å². The molecule has 0 heterocycles. The van der Waals surface area contributed by atoms with E-state index in [1.165, 1.54) is 6.07 Å². The molecule has 4 atom stereocenters. The number of halogens is 2. The molecule has 0 saturated heterocycles. The first kappa shape index (κ1) is 20.7. The zero-order valence-corrected chi connectivity index (χ0v) is 16.6. The molecule has 0 aromatic heterocycles. The summed E-state index contributed by atoms with van der Waals surface area (Å²) in [5.41, 5.74) is -1.22. The minimum atomic E-state index is -1.91. The number of fused-ring (bicyclic) bond motifs is 1. The summed E-state index contributed by atoms with van der Waals surface area (Å²) in [4.78, 5) is 0. The summed E-state index contributed by atoms with van der Waals surface area (Å²) in [6.07, 6.45) is 3.30. The van der Waals surface area contributed by atoms with Crippen molar-refractivity contribution in [3.63, 3.8) is 0 Å². The summed E-state index contributed by atoms with van der Waals surface area (Å²) in [6, 6.07) is 9.41. The van der Waals surface area contributed by atoms with Gasteiger partial charge in [0.15, 0.2) is 17.0 Å². The lowest BCUT2D eigenvalue weighted by atomic mass is 9.51. The van der Waals surface area contributed by atoms with Crippen LogP contribution in [0.3, 0.4) is 0 Å². The average Bonchev–Trinajstić information content (AvgIpc) is 2.68. The number of nitriles is 3. The van der Waals surface area contributed by atoms with Gasteiger partial charge in [-0.15, -0.1) is 0 Å². The number of hydrogen-bond donors (Lipinski definition) is 1. The lowest BCUT2D eigenvalue weighted by Crippen LogP contribution is -2.50. The highest BCUT2D eigenvalue weighted by molar-refractivity contribution is 6.00. The maximum atomic E-state index is 14.1. The van der Waals surface area contributed by atoms with Crippen LogP contribution < -0.4 is 0 Å². The highest BCUT2D eigenvalue weighted by Crippen LogP contribution is 2.57. The third-order valence-corrected chi connectivity index (χ3v) is 6.53. The molecule has 0 bridgehead atoms. The summed E-state index contributed by atoms with van der Waals surface area (Å²) in [7, 11) is 0. The van der Waals surface area contributed by atoms with E-state index in [2.05, 4.69) is 26.8 Å². The second-order valence-electron chi connectivity index (χ2n) is 9.00. The molecule has 4 nitrogen and oxygen atoms in total. The maximum absolute atomic E-state index is 14.1. The lowest BCUT2D eigenvalue weighted by Gasteiger charge is -2.49. The average molecular weight is 392 g/mol. The van der Waals surface area contributed by atoms with Crippen LogP contribution in [0.5, 0.6) is 0 Å². The molecule has 0 radical (unpaired) electrons. The van der Waals surface area contributed by atoms with Crippen molar-refractivity contribution in [3.05, 3.63) is 47.0 Å². The zero-order valence-electron chi connectivity index (χ0n) is 16.6. The van der Waals surface area contributed by atoms with Crippen LogP contribution in [0.15, 0.2) is 29.8 Å². The first-order valence-corrected chi connectivity index (χ1v) is 9.56. The molecule has 148 valence electrons. The molecule has 0 amide bonds. The largest absolute Gasteiger partial charge is 0.305 e. The topological polar surface area (TPSA) is 95.2 Å². The second kappa shape index (κ2) is 7.09. The number of allylic oxidation sites excluding steroid dienone is 2. The molecule has 1 aromatic carbocycles. The Hall–Kier alpha value is -3.04. The Morgan fingerprint density at radius 1 is 1.10 bits per heavy atom. The number of nitrogens with one attached hydrogen (secondary N) is 1. The van der Waals surface area contributed by atoms with Crippen LogP contribution in [0.1, 0.15) is 45.1 Å². The van der Waals surface area contributed by atoms with Crippen LogP contribution in [0.4, 0.5) is 8.78 Å². The molecular formula is C23H22F2N4. The Morgan fingerprint density at radius 2 is 1.76 bits per heavy atom. The van der Waals surface area contributed by atoms with E-state index in [-0.39, 0.29) is 23.0 Å². The first-order valence-electron chi connectivity index (χ1n) is 9.56. The van der Waals surface area contributed by atoms with Gasteiger partial charge in [0.1, 0.15) is 5.92 Å². The minimum absolute atomic E-state index is 0.0460. The number of benzene rings is 1. The third-order valence-electron chi connectivity index (χ3n) is 6.53. The van der Waals surface area contributed by atoms with Gasteiger partial charge in [0.05, 0.1) is 23.9 Å². The van der Waals surface area contributed by atoms with E-state index in [0.29, 0.717) is 17.6 Å². The Labute approximate surface area is 169 Å². The molecule has 1 unspecified atom stereocenters. The van der Waals surface area contributed by atoms with Crippen LogP contribution in [0, 0.1) is 79.6 Å². The van der Waals surface area contributed by atoms with E-state index < -0.39 is 28.9 Å². The quantitative estimate of drug-likeness (QED) is 0.661. The Kier molecular flexibility index (Phi) is 5.06. The van der Waals surface area contributed by atoms with E-state index in [9.17, 15) is 24.6 Å². The molecule has 2 aliphatic carbocycles. The monoisotopic (exact) mass is 392 g/mol. The molecule has 1 fully saturated rings. The summed E-state index contributed by atoms with van der Waals surface area (Å²) in [5, 5.41) is 38.2. The van der Waals surface area contributed by atoms with E-state index in [4.69, 9.17) is 5.41 Å². The molecule has 1 N–H and O–H groups in total. The van der Waals surface area contributed by atoms with Crippen LogP contribution in [0.2, 0.25) is 0 Å². The van der Waals surface area contributed by atoms with Gasteiger partial charge in [0.2, 0.25) is 0 Å². The van der Waals surface area contributed by atoms with Gasteiger partial charge in [0.25, 0.3) is 0 Å². The van der Waals surface area contributed by atoms with Gasteiger partial charge in [-0.3, -0.25) is 0 Å². The number of hydrogen-bond acceptors (Lipinski definition) is 4. The lowest BCUT2D eigenvalue weighted by molar-refractivity contribution is 0.168. The van der Waals surface area contributed by atoms with Gasteiger partial charge in [-0.1, -0.05) is 32.9 Å². The zero-order chi connectivity index (χ0) is 21.6. The second-order valence-corrected chi connectivity index (χ2v) is 9.00. The van der Waals surface area contributed by atoms with Crippen molar-refractivity contribution < 1.29 is 8.78 Å². The van der Waals surface area contributed by atoms with E-state index in [0.717, 1.165) is 18.6 Å². The fourth-order valence-electron chi connectivity index (χ4n) is 4.81. The van der Waals surface area contributed by atoms with Crippen molar-refractivity contribution in [2.75, 3.05) is 0 Å². The van der Waals surface area contributed by atoms with Crippen molar-refractivity contribution >= 4 is 5.71 Å². The molecule has 0 spiro atoms. The molecule has 1 aromatic rings. The molecule has 1 saturated carbocycles. The van der Waals surface area contributed by atoms with Gasteiger partial charge in [0, 0.05) is 5.92 Å². The van der Waals surface area contributed by atoms with E-state index in [1.54, 1.807) is 0 Å². The van der Waals surface area contributed by atoms with Crippen LogP contribution in [0.25, 0.3) is 0 Å². The standard InChI is InChI=1S/C23H22F2N4/c1-22(2,3)14-5-6-15-16(9-14)20(13-4-7-18(24)19(25)8-13)23(11-27,12-28)21(29)17(15)10-26/h4,6-8,14,16-17,20,29H,5,9H2,1-3H3/t14-,16+,17?,20-/m1/s1. The van der Waals surface area contributed by atoms with E-state index in [1.807, 2.05) is 18.2 Å². The van der Waals surface area contributed by atoms with Gasteiger partial charge >= 0.3 is 0 Å². The first-order chi connectivity index (χ1) is 13.6. The summed E-state index contributed by atoms with van der Waals surface area (Å²) >= 11 is 0. The highest BCUT2D eigenvalue weighted by Gasteiger charge is 2.58. The van der Waals surface area contributed by atoms with Gasteiger partial charge < -0.3 is 5.41 Å². The van der Waals surface area contributed by atoms with Crippen LogP contribution >= 0.6 is 0 Å². The fraction of sp³-hybridized carbons (Fsp3) is 0.478. The van der Waals surface area contributed by atoms with Gasteiger partial charge in [-0.2, -0.15) is 15.8 Å². The normalized spacial score (nSPS) is 28.3. The van der Waals surface area contributed by atoms with Crippen molar-refractivity contribution in [3.8, 4) is 18.2 Å². The Morgan fingerprint density at radius 3 is 2.28 bits per heavy atom. The highest BCUT2D eigenvalue weighted by atomic mass is 19.2. The molecule has 29 heavy (non-hydrogen) atoms. The van der Waals surface area contributed by atoms with Crippen molar-refractivity contribution in [2.45, 2.75) is 39.5 Å². The molecular weight excluding hydrogens is 370 g/mol. The Bertz CT molecular complexity index is 999. The van der Waals surface area contributed by atoms with Gasteiger partial charge in [-0.05, 0) is 53.4 Å². The molecule has 6 heteroatoms. The maximum Gasteiger partial charge on any atom is 0.189 e. The minimum Gasteiger partial charge on any atom is -0.305 e. The molecule has 0 aliphatic heterocycles. The van der Waals surface area contributed by atoms with Crippen molar-refractivity contribution in [2.24, 2.45) is 28.6 Å². The van der Waals surface area contributed by atoms with Crippen LogP contribution in [-0.4, -0.2) is 5.71 Å². The molecule has 3 rings (SSSR count). The summed E-state index contributed by atoms with van der Waals surface area (Å²) < 4.78 is 27.6. The van der Waals surface area contributed by atoms with Crippen LogP contribution in [-0.2, 0) is 0 Å². The SMILES string of the molecule is CC(C)(C)[C@@H]1CC=C2C(C#N)C(=N)C(C#N)(C#N)[C@H](c3ccc(F)c(F)c3)[C@H]2C1. The van der Waals surface area contributed by atoms with Gasteiger partial charge in [-0.25, -0.2) is 8.78 Å². The predicted molar refractivity (Wildman–Crippen MR) is 103 cm³/mol. The fourth-order valence-corrected chi connectivity index (χ4v) is 4.81. The molecule has 2 aliphatic rings. The summed E-state index contributed by atoms with van der Waals surface area (Å²) in [6.45, 7) is 6.33. The third kappa shape index (κ3) is 3.12.